The second kappa shape index (κ2) is 6.61. The Balaban J connectivity index is 1.60. The highest BCUT2D eigenvalue weighted by molar-refractivity contribution is 6.07. The molecule has 8 heteroatoms. The number of likely N-dealkylation sites (tertiary alicyclic amines) is 1. The minimum atomic E-state index is -1.19. The number of urea groups is 1. The summed E-state index contributed by atoms with van der Waals surface area (Å²) in [7, 11) is 0. The average Bonchev–Trinajstić information content (AvgIpc) is 3.19. The van der Waals surface area contributed by atoms with Crippen molar-refractivity contribution < 1.29 is 24.3 Å². The van der Waals surface area contributed by atoms with Crippen molar-refractivity contribution >= 4 is 23.8 Å². The molecule has 3 N–H and O–H groups in total. The largest absolute Gasteiger partial charge is 0.480 e. The summed E-state index contributed by atoms with van der Waals surface area (Å²) in [5.74, 6) is -1.46. The predicted octanol–water partition coefficient (Wildman–Crippen LogP) is 1.60. The molecule has 0 spiro atoms. The van der Waals surface area contributed by atoms with Gasteiger partial charge < -0.3 is 15.3 Å². The van der Waals surface area contributed by atoms with Crippen molar-refractivity contribution in [2.75, 3.05) is 0 Å². The van der Waals surface area contributed by atoms with Gasteiger partial charge in [-0.2, -0.15) is 0 Å². The number of amides is 4. The highest BCUT2D eigenvalue weighted by Crippen LogP contribution is 2.40. The lowest BCUT2D eigenvalue weighted by molar-refractivity contribution is -0.141. The van der Waals surface area contributed by atoms with Gasteiger partial charge in [0.2, 0.25) is 0 Å². The Kier molecular flexibility index (Phi) is 4.36. The lowest BCUT2D eigenvalue weighted by Crippen LogP contribution is -2.46. The van der Waals surface area contributed by atoms with E-state index in [1.54, 1.807) is 36.1 Å². The molecule has 148 valence electrons. The number of nitrogens with zero attached hydrogens (tertiary/aromatic N) is 1. The van der Waals surface area contributed by atoms with E-state index in [4.69, 9.17) is 0 Å². The number of carbonyl (C=O) groups is 4. The number of carbonyl (C=O) groups excluding carboxylic acids is 3. The van der Waals surface area contributed by atoms with Crippen LogP contribution in [0.3, 0.4) is 0 Å². The third-order valence-corrected chi connectivity index (χ3v) is 6.36. The molecule has 4 rings (SSSR count). The molecule has 28 heavy (non-hydrogen) atoms. The first-order valence-electron chi connectivity index (χ1n) is 9.61. The molecule has 4 amide bonds. The molecular weight excluding hydrogens is 362 g/mol. The van der Waals surface area contributed by atoms with Gasteiger partial charge in [-0.15, -0.1) is 0 Å². The van der Waals surface area contributed by atoms with E-state index in [-0.39, 0.29) is 17.9 Å². The maximum absolute atomic E-state index is 13.2. The van der Waals surface area contributed by atoms with Crippen molar-refractivity contribution in [3.8, 4) is 0 Å². The van der Waals surface area contributed by atoms with Crippen LogP contribution < -0.4 is 10.6 Å². The summed E-state index contributed by atoms with van der Waals surface area (Å²) in [6.45, 7) is 1.59. The first-order chi connectivity index (χ1) is 13.3. The average molecular weight is 385 g/mol. The highest BCUT2D eigenvalue weighted by Gasteiger charge is 2.48. The van der Waals surface area contributed by atoms with Crippen molar-refractivity contribution in [2.45, 2.75) is 56.7 Å². The number of nitrogens with one attached hydrogen (secondary N) is 2. The number of imide groups is 1. The van der Waals surface area contributed by atoms with Crippen LogP contribution in [0.1, 0.15) is 54.9 Å². The molecule has 2 heterocycles. The van der Waals surface area contributed by atoms with Gasteiger partial charge in [0.25, 0.3) is 11.8 Å². The number of carboxylic acids is 1. The maximum atomic E-state index is 13.2. The van der Waals surface area contributed by atoms with Gasteiger partial charge in [0.05, 0.1) is 0 Å². The lowest BCUT2D eigenvalue weighted by Gasteiger charge is -2.33. The SMILES string of the molecule is C[C@]1(c2ccc(C(=O)N3[C@H](C(=O)O)C[C@H]4CCCC[C@@H]43)cc2)NC(=O)NC1=O. The smallest absolute Gasteiger partial charge is 0.326 e. The predicted molar refractivity (Wildman–Crippen MR) is 98.4 cm³/mol. The second-order valence-corrected chi connectivity index (χ2v) is 8.02. The molecule has 3 aliphatic rings. The van der Waals surface area contributed by atoms with Gasteiger partial charge in [-0.3, -0.25) is 14.9 Å². The van der Waals surface area contributed by atoms with E-state index in [2.05, 4.69) is 10.6 Å². The Hall–Kier alpha value is -2.90. The number of benzene rings is 1. The summed E-state index contributed by atoms with van der Waals surface area (Å²) >= 11 is 0. The van der Waals surface area contributed by atoms with Gasteiger partial charge in [0.15, 0.2) is 0 Å². The molecule has 1 aromatic rings. The minimum Gasteiger partial charge on any atom is -0.480 e. The fraction of sp³-hybridized carbons (Fsp3) is 0.500. The number of hydrogen-bond donors (Lipinski definition) is 3. The summed E-state index contributed by atoms with van der Waals surface area (Å²) in [5, 5.41) is 14.4. The van der Waals surface area contributed by atoms with Crippen LogP contribution in [0.2, 0.25) is 0 Å². The topological polar surface area (TPSA) is 116 Å². The van der Waals surface area contributed by atoms with E-state index in [1.807, 2.05) is 0 Å². The maximum Gasteiger partial charge on any atom is 0.326 e. The molecule has 1 aromatic carbocycles. The summed E-state index contributed by atoms with van der Waals surface area (Å²) in [6, 6.07) is 5.06. The van der Waals surface area contributed by atoms with E-state index in [0.717, 1.165) is 25.7 Å². The third kappa shape index (κ3) is 2.83. The van der Waals surface area contributed by atoms with Crippen LogP contribution in [0.5, 0.6) is 0 Å². The van der Waals surface area contributed by atoms with Crippen molar-refractivity contribution in [2.24, 2.45) is 5.92 Å². The first kappa shape index (κ1) is 18.5. The molecule has 1 saturated carbocycles. The third-order valence-electron chi connectivity index (χ3n) is 6.36. The van der Waals surface area contributed by atoms with Crippen LogP contribution in [-0.2, 0) is 15.1 Å². The molecule has 1 aliphatic carbocycles. The summed E-state index contributed by atoms with van der Waals surface area (Å²) in [6.07, 6.45) is 4.39. The zero-order valence-electron chi connectivity index (χ0n) is 15.6. The lowest BCUT2D eigenvalue weighted by atomic mass is 9.84. The number of hydrogen-bond acceptors (Lipinski definition) is 4. The number of rotatable bonds is 3. The normalized spacial score (nSPS) is 31.9. The molecule has 2 aliphatic heterocycles. The van der Waals surface area contributed by atoms with E-state index in [0.29, 0.717) is 17.5 Å². The Morgan fingerprint density at radius 3 is 2.43 bits per heavy atom. The molecule has 4 atom stereocenters. The fourth-order valence-corrected chi connectivity index (χ4v) is 4.81. The molecular formula is C20H23N3O5. The molecule has 0 unspecified atom stereocenters. The van der Waals surface area contributed by atoms with Gasteiger partial charge in [-0.1, -0.05) is 25.0 Å². The van der Waals surface area contributed by atoms with Gasteiger partial charge in [0, 0.05) is 11.6 Å². The number of fused-ring (bicyclic) bond motifs is 1. The van der Waals surface area contributed by atoms with Crippen LogP contribution >= 0.6 is 0 Å². The fourth-order valence-electron chi connectivity index (χ4n) is 4.81. The summed E-state index contributed by atoms with van der Waals surface area (Å²) in [5.41, 5.74) is -0.251. The van der Waals surface area contributed by atoms with Gasteiger partial charge in [-0.25, -0.2) is 9.59 Å². The Morgan fingerprint density at radius 1 is 1.14 bits per heavy atom. The molecule has 8 nitrogen and oxygen atoms in total. The summed E-state index contributed by atoms with van der Waals surface area (Å²) in [4.78, 5) is 50.0. The Morgan fingerprint density at radius 2 is 1.82 bits per heavy atom. The van der Waals surface area contributed by atoms with Crippen LogP contribution in [0.15, 0.2) is 24.3 Å². The highest BCUT2D eigenvalue weighted by atomic mass is 16.4. The van der Waals surface area contributed by atoms with Crippen molar-refractivity contribution in [3.05, 3.63) is 35.4 Å². The van der Waals surface area contributed by atoms with Crippen molar-refractivity contribution in [1.29, 1.82) is 0 Å². The van der Waals surface area contributed by atoms with Gasteiger partial charge in [-0.05, 0) is 49.8 Å². The van der Waals surface area contributed by atoms with E-state index < -0.39 is 29.5 Å². The molecule has 3 fully saturated rings. The Labute approximate surface area is 162 Å². The molecule has 0 aromatic heterocycles. The monoisotopic (exact) mass is 385 g/mol. The Bertz CT molecular complexity index is 852. The zero-order valence-corrected chi connectivity index (χ0v) is 15.6. The second-order valence-electron chi connectivity index (χ2n) is 8.02. The molecule has 2 saturated heterocycles. The van der Waals surface area contributed by atoms with Crippen molar-refractivity contribution in [3.63, 3.8) is 0 Å². The van der Waals surface area contributed by atoms with E-state index in [9.17, 15) is 24.3 Å². The van der Waals surface area contributed by atoms with Crippen LogP contribution in [0, 0.1) is 5.92 Å². The molecule has 0 radical (unpaired) electrons. The standard InChI is InChI=1S/C20H23N3O5/c1-20(18(27)21-19(28)22-20)13-8-6-11(7-9-13)16(24)23-14-5-3-2-4-12(14)10-15(23)17(25)26/h6-9,12,14-15H,2-5,10H2,1H3,(H,25,26)(H2,21,22,27,28)/t12-,14+,15+,20-/m1/s1. The quantitative estimate of drug-likeness (QED) is 0.684. The van der Waals surface area contributed by atoms with Crippen molar-refractivity contribution in [1.82, 2.24) is 15.5 Å². The molecule has 0 bridgehead atoms. The minimum absolute atomic E-state index is 0.0283. The van der Waals surface area contributed by atoms with Gasteiger partial charge >= 0.3 is 12.0 Å². The zero-order chi connectivity index (χ0) is 20.1. The van der Waals surface area contributed by atoms with Crippen LogP contribution in [0.25, 0.3) is 0 Å². The van der Waals surface area contributed by atoms with Crippen LogP contribution in [0.4, 0.5) is 4.79 Å². The first-order valence-corrected chi connectivity index (χ1v) is 9.61. The van der Waals surface area contributed by atoms with Crippen LogP contribution in [-0.4, -0.2) is 45.9 Å². The summed E-state index contributed by atoms with van der Waals surface area (Å²) < 4.78 is 0. The van der Waals surface area contributed by atoms with E-state index in [1.165, 1.54) is 0 Å². The van der Waals surface area contributed by atoms with Gasteiger partial charge in [0.1, 0.15) is 11.6 Å². The number of aliphatic carboxylic acids is 1. The number of carboxylic acid groups (broad SMARTS) is 1. The van der Waals surface area contributed by atoms with E-state index >= 15 is 0 Å².